The standard InChI is InChI=1S/C13H27NO2/c1-11(2)9-16-8-4-7-14-13(10-15-3)12-5-6-12/h11-14H,4-10H2,1-3H3. The zero-order valence-corrected chi connectivity index (χ0v) is 11.0. The van der Waals surface area contributed by atoms with Gasteiger partial charge < -0.3 is 14.8 Å². The van der Waals surface area contributed by atoms with Crippen LogP contribution in [0.5, 0.6) is 0 Å². The summed E-state index contributed by atoms with van der Waals surface area (Å²) in [6.07, 6.45) is 3.83. The lowest BCUT2D eigenvalue weighted by atomic mass is 10.2. The van der Waals surface area contributed by atoms with Crippen LogP contribution in [0.1, 0.15) is 33.1 Å². The van der Waals surface area contributed by atoms with Crippen LogP contribution in [0.2, 0.25) is 0 Å². The molecule has 0 aromatic rings. The maximum atomic E-state index is 5.54. The van der Waals surface area contributed by atoms with E-state index in [2.05, 4.69) is 19.2 Å². The van der Waals surface area contributed by atoms with Crippen molar-refractivity contribution in [1.82, 2.24) is 5.32 Å². The molecule has 0 amide bonds. The Morgan fingerprint density at radius 2 is 2.00 bits per heavy atom. The molecule has 16 heavy (non-hydrogen) atoms. The number of methoxy groups -OCH3 is 1. The number of hydrogen-bond donors (Lipinski definition) is 1. The molecule has 1 N–H and O–H groups in total. The van der Waals surface area contributed by atoms with Crippen LogP contribution in [0.4, 0.5) is 0 Å². The van der Waals surface area contributed by atoms with Gasteiger partial charge in [-0.2, -0.15) is 0 Å². The van der Waals surface area contributed by atoms with E-state index in [4.69, 9.17) is 9.47 Å². The Balaban J connectivity index is 1.92. The molecule has 0 radical (unpaired) electrons. The SMILES string of the molecule is COCC(NCCCOCC(C)C)C1CC1. The van der Waals surface area contributed by atoms with Gasteiger partial charge in [0, 0.05) is 26.4 Å². The maximum Gasteiger partial charge on any atom is 0.0618 e. The van der Waals surface area contributed by atoms with E-state index < -0.39 is 0 Å². The first-order valence-electron chi connectivity index (χ1n) is 6.54. The summed E-state index contributed by atoms with van der Waals surface area (Å²) in [6.45, 7) is 8.00. The molecule has 0 aromatic carbocycles. The average Bonchev–Trinajstić information content (AvgIpc) is 3.04. The number of rotatable bonds is 10. The van der Waals surface area contributed by atoms with Crippen LogP contribution in [-0.2, 0) is 9.47 Å². The third-order valence-corrected chi connectivity index (χ3v) is 2.86. The second kappa shape index (κ2) is 8.04. The van der Waals surface area contributed by atoms with Gasteiger partial charge >= 0.3 is 0 Å². The van der Waals surface area contributed by atoms with E-state index in [-0.39, 0.29) is 0 Å². The summed E-state index contributed by atoms with van der Waals surface area (Å²) in [5.41, 5.74) is 0. The molecule has 0 spiro atoms. The van der Waals surface area contributed by atoms with Crippen molar-refractivity contribution in [3.8, 4) is 0 Å². The highest BCUT2D eigenvalue weighted by Gasteiger charge is 2.30. The summed E-state index contributed by atoms with van der Waals surface area (Å²) in [7, 11) is 1.78. The van der Waals surface area contributed by atoms with Crippen molar-refractivity contribution in [1.29, 1.82) is 0 Å². The fourth-order valence-electron chi connectivity index (χ4n) is 1.82. The first-order chi connectivity index (χ1) is 7.74. The minimum absolute atomic E-state index is 0.565. The molecule has 1 saturated carbocycles. The van der Waals surface area contributed by atoms with Crippen LogP contribution in [0.3, 0.4) is 0 Å². The second-order valence-corrected chi connectivity index (χ2v) is 5.18. The first kappa shape index (κ1) is 13.9. The topological polar surface area (TPSA) is 30.5 Å². The van der Waals surface area contributed by atoms with Crippen molar-refractivity contribution < 1.29 is 9.47 Å². The zero-order chi connectivity index (χ0) is 11.8. The van der Waals surface area contributed by atoms with Crippen molar-refractivity contribution in [2.24, 2.45) is 11.8 Å². The van der Waals surface area contributed by atoms with E-state index in [0.717, 1.165) is 38.7 Å². The highest BCUT2D eigenvalue weighted by atomic mass is 16.5. The van der Waals surface area contributed by atoms with E-state index in [9.17, 15) is 0 Å². The Morgan fingerprint density at radius 1 is 1.25 bits per heavy atom. The number of ether oxygens (including phenoxy) is 2. The molecule has 0 aliphatic heterocycles. The lowest BCUT2D eigenvalue weighted by Gasteiger charge is -2.17. The van der Waals surface area contributed by atoms with E-state index in [1.807, 2.05) is 0 Å². The molecule has 0 aromatic heterocycles. The quantitative estimate of drug-likeness (QED) is 0.582. The molecule has 0 heterocycles. The fourth-order valence-corrected chi connectivity index (χ4v) is 1.82. The maximum absolute atomic E-state index is 5.54. The average molecular weight is 229 g/mol. The predicted octanol–water partition coefficient (Wildman–Crippen LogP) is 2.06. The Kier molecular flexibility index (Phi) is 7.01. The van der Waals surface area contributed by atoms with E-state index in [0.29, 0.717) is 12.0 Å². The van der Waals surface area contributed by atoms with Crippen LogP contribution < -0.4 is 5.32 Å². The van der Waals surface area contributed by atoms with Crippen molar-refractivity contribution in [2.45, 2.75) is 39.2 Å². The van der Waals surface area contributed by atoms with Gasteiger partial charge in [0.05, 0.1) is 6.61 Å². The highest BCUT2D eigenvalue weighted by Crippen LogP contribution is 2.32. The Labute approximate surface area is 99.9 Å². The molecule has 1 aliphatic rings. The third-order valence-electron chi connectivity index (χ3n) is 2.86. The first-order valence-corrected chi connectivity index (χ1v) is 6.54. The summed E-state index contributed by atoms with van der Waals surface area (Å²) >= 11 is 0. The summed E-state index contributed by atoms with van der Waals surface area (Å²) in [6, 6.07) is 0.565. The summed E-state index contributed by atoms with van der Waals surface area (Å²) in [5.74, 6) is 1.50. The van der Waals surface area contributed by atoms with Gasteiger partial charge in [0.1, 0.15) is 0 Å². The largest absolute Gasteiger partial charge is 0.383 e. The van der Waals surface area contributed by atoms with Gasteiger partial charge in [0.15, 0.2) is 0 Å². The minimum Gasteiger partial charge on any atom is -0.383 e. The van der Waals surface area contributed by atoms with Gasteiger partial charge in [0.25, 0.3) is 0 Å². The second-order valence-electron chi connectivity index (χ2n) is 5.18. The Morgan fingerprint density at radius 3 is 2.56 bits per heavy atom. The molecular formula is C13H27NO2. The smallest absolute Gasteiger partial charge is 0.0618 e. The highest BCUT2D eigenvalue weighted by molar-refractivity contribution is 4.86. The summed E-state index contributed by atoms with van der Waals surface area (Å²) in [4.78, 5) is 0. The summed E-state index contributed by atoms with van der Waals surface area (Å²) < 4.78 is 10.8. The molecular weight excluding hydrogens is 202 g/mol. The van der Waals surface area contributed by atoms with Crippen molar-refractivity contribution in [3.05, 3.63) is 0 Å². The third kappa shape index (κ3) is 6.46. The number of hydrogen-bond acceptors (Lipinski definition) is 3. The van der Waals surface area contributed by atoms with Gasteiger partial charge in [-0.25, -0.2) is 0 Å². The Hall–Kier alpha value is -0.120. The normalized spacial score (nSPS) is 18.0. The summed E-state index contributed by atoms with van der Waals surface area (Å²) in [5, 5.41) is 3.57. The molecule has 96 valence electrons. The Bertz CT molecular complexity index is 169. The monoisotopic (exact) mass is 229 g/mol. The van der Waals surface area contributed by atoms with Gasteiger partial charge in [-0.15, -0.1) is 0 Å². The lowest BCUT2D eigenvalue weighted by molar-refractivity contribution is 0.105. The molecule has 3 heteroatoms. The molecule has 0 bridgehead atoms. The van der Waals surface area contributed by atoms with Crippen molar-refractivity contribution >= 4 is 0 Å². The molecule has 0 saturated heterocycles. The lowest BCUT2D eigenvalue weighted by Crippen LogP contribution is -2.36. The van der Waals surface area contributed by atoms with Crippen LogP contribution in [-0.4, -0.2) is 39.5 Å². The van der Waals surface area contributed by atoms with Gasteiger partial charge in [0.2, 0.25) is 0 Å². The van der Waals surface area contributed by atoms with E-state index >= 15 is 0 Å². The molecule has 3 nitrogen and oxygen atoms in total. The minimum atomic E-state index is 0.565. The van der Waals surface area contributed by atoms with Gasteiger partial charge in [-0.3, -0.25) is 0 Å². The van der Waals surface area contributed by atoms with Crippen molar-refractivity contribution in [2.75, 3.05) is 33.5 Å². The molecule has 1 rings (SSSR count). The van der Waals surface area contributed by atoms with Gasteiger partial charge in [-0.1, -0.05) is 13.8 Å². The van der Waals surface area contributed by atoms with Gasteiger partial charge in [-0.05, 0) is 37.6 Å². The van der Waals surface area contributed by atoms with Crippen molar-refractivity contribution in [3.63, 3.8) is 0 Å². The van der Waals surface area contributed by atoms with E-state index in [1.165, 1.54) is 12.8 Å². The van der Waals surface area contributed by atoms with E-state index in [1.54, 1.807) is 7.11 Å². The zero-order valence-electron chi connectivity index (χ0n) is 11.0. The predicted molar refractivity (Wildman–Crippen MR) is 66.7 cm³/mol. The number of nitrogens with one attached hydrogen (secondary N) is 1. The molecule has 1 atom stereocenters. The molecule has 1 aliphatic carbocycles. The van der Waals surface area contributed by atoms with Crippen LogP contribution >= 0.6 is 0 Å². The van der Waals surface area contributed by atoms with Crippen LogP contribution in [0.15, 0.2) is 0 Å². The van der Waals surface area contributed by atoms with Crippen LogP contribution in [0.25, 0.3) is 0 Å². The van der Waals surface area contributed by atoms with Crippen LogP contribution in [0, 0.1) is 11.8 Å². The molecule has 1 unspecified atom stereocenters. The fraction of sp³-hybridized carbons (Fsp3) is 1.00. The molecule has 1 fully saturated rings.